The van der Waals surface area contributed by atoms with Gasteiger partial charge in [-0.05, 0) is 19.4 Å². The Bertz CT molecular complexity index is 473. The minimum absolute atomic E-state index is 0.101. The molecule has 5 nitrogen and oxygen atoms in total. The Morgan fingerprint density at radius 3 is 2.44 bits per heavy atom. The van der Waals surface area contributed by atoms with E-state index in [1.54, 1.807) is 6.07 Å². The monoisotopic (exact) mass is 221 g/mol. The lowest BCUT2D eigenvalue weighted by atomic mass is 10.0. The van der Waals surface area contributed by atoms with Crippen molar-refractivity contribution in [1.29, 1.82) is 0 Å². The van der Waals surface area contributed by atoms with Crippen LogP contribution in [0.3, 0.4) is 0 Å². The Hall–Kier alpha value is -2.17. The van der Waals surface area contributed by atoms with Crippen molar-refractivity contribution in [3.8, 4) is 0 Å². The summed E-state index contributed by atoms with van der Waals surface area (Å²) in [6.07, 6.45) is 0. The summed E-state index contributed by atoms with van der Waals surface area (Å²) in [6.45, 7) is 2.67. The molecule has 0 unspecified atom stereocenters. The van der Waals surface area contributed by atoms with Crippen molar-refractivity contribution in [1.82, 2.24) is 0 Å². The Morgan fingerprint density at radius 2 is 2.00 bits per heavy atom. The standard InChI is InChI=1S/C11H11NO4/c1-7(13)11(8(2)14)9-4-3-5-10(6-9)12(15)16/h3-6,13H,1-2H3/b11-7+. The molecule has 16 heavy (non-hydrogen) atoms. The molecule has 1 rings (SSSR count). The first-order valence-corrected chi connectivity index (χ1v) is 4.59. The fraction of sp³-hybridized carbons (Fsp3) is 0.182. The van der Waals surface area contributed by atoms with Crippen LogP contribution in [0.15, 0.2) is 30.0 Å². The van der Waals surface area contributed by atoms with Crippen molar-refractivity contribution < 1.29 is 14.8 Å². The van der Waals surface area contributed by atoms with Gasteiger partial charge in [0.1, 0.15) is 5.76 Å². The number of hydrogen-bond acceptors (Lipinski definition) is 4. The predicted octanol–water partition coefficient (Wildman–Crippen LogP) is 2.47. The van der Waals surface area contributed by atoms with Crippen LogP contribution in [0.4, 0.5) is 5.69 Å². The number of non-ortho nitro benzene ring substituents is 1. The van der Waals surface area contributed by atoms with Gasteiger partial charge in [0.05, 0.1) is 10.5 Å². The molecule has 0 heterocycles. The summed E-state index contributed by atoms with van der Waals surface area (Å²) in [5.41, 5.74) is 0.336. The van der Waals surface area contributed by atoms with Gasteiger partial charge >= 0.3 is 0 Å². The van der Waals surface area contributed by atoms with Crippen molar-refractivity contribution in [2.24, 2.45) is 0 Å². The lowest BCUT2D eigenvalue weighted by Crippen LogP contribution is -2.00. The van der Waals surface area contributed by atoms with Crippen LogP contribution in [0.25, 0.3) is 5.57 Å². The van der Waals surface area contributed by atoms with Gasteiger partial charge in [-0.2, -0.15) is 0 Å². The third-order valence-corrected chi connectivity index (χ3v) is 2.06. The molecule has 0 spiro atoms. The molecule has 0 fully saturated rings. The Morgan fingerprint density at radius 1 is 1.38 bits per heavy atom. The number of hydrogen-bond donors (Lipinski definition) is 1. The number of aliphatic hydroxyl groups is 1. The van der Waals surface area contributed by atoms with E-state index >= 15 is 0 Å². The first kappa shape index (κ1) is 11.9. The van der Waals surface area contributed by atoms with Crippen LogP contribution in [0.5, 0.6) is 0 Å². The highest BCUT2D eigenvalue weighted by atomic mass is 16.6. The minimum Gasteiger partial charge on any atom is -0.512 e. The van der Waals surface area contributed by atoms with Crippen molar-refractivity contribution in [3.63, 3.8) is 0 Å². The normalized spacial score (nSPS) is 11.9. The number of nitrogens with zero attached hydrogens (tertiary/aromatic N) is 1. The van der Waals surface area contributed by atoms with Gasteiger partial charge in [0.15, 0.2) is 5.78 Å². The van der Waals surface area contributed by atoms with Crippen molar-refractivity contribution >= 4 is 17.0 Å². The molecular formula is C11H11NO4. The van der Waals surface area contributed by atoms with Gasteiger partial charge in [-0.25, -0.2) is 0 Å². The van der Waals surface area contributed by atoms with Crippen LogP contribution < -0.4 is 0 Å². The fourth-order valence-electron chi connectivity index (χ4n) is 1.44. The van der Waals surface area contributed by atoms with Gasteiger partial charge in [0, 0.05) is 12.1 Å². The van der Waals surface area contributed by atoms with Crippen LogP contribution in [0, 0.1) is 10.1 Å². The summed E-state index contributed by atoms with van der Waals surface area (Å²) in [7, 11) is 0. The second-order valence-corrected chi connectivity index (χ2v) is 3.32. The Kier molecular flexibility index (Phi) is 3.40. The summed E-state index contributed by atoms with van der Waals surface area (Å²) in [5, 5.41) is 19.9. The molecule has 0 amide bonds. The zero-order chi connectivity index (χ0) is 12.3. The number of benzene rings is 1. The molecular weight excluding hydrogens is 210 g/mol. The largest absolute Gasteiger partial charge is 0.512 e. The van der Waals surface area contributed by atoms with Gasteiger partial charge in [-0.3, -0.25) is 14.9 Å². The molecule has 5 heteroatoms. The lowest BCUT2D eigenvalue weighted by molar-refractivity contribution is -0.384. The van der Waals surface area contributed by atoms with E-state index in [0.717, 1.165) is 0 Å². The molecule has 1 aromatic rings. The molecule has 1 aromatic carbocycles. The van der Waals surface area contributed by atoms with E-state index in [1.165, 1.54) is 32.0 Å². The van der Waals surface area contributed by atoms with Crippen molar-refractivity contribution in [2.45, 2.75) is 13.8 Å². The highest BCUT2D eigenvalue weighted by molar-refractivity contribution is 6.20. The zero-order valence-electron chi connectivity index (χ0n) is 8.93. The summed E-state index contributed by atoms with van der Waals surface area (Å²) >= 11 is 0. The molecule has 0 atom stereocenters. The maximum absolute atomic E-state index is 11.3. The Labute approximate surface area is 92.2 Å². The van der Waals surface area contributed by atoms with E-state index in [1.807, 2.05) is 0 Å². The number of carbonyl (C=O) groups excluding carboxylic acids is 1. The number of nitro benzene ring substituents is 1. The quantitative estimate of drug-likeness (QED) is 0.368. The second-order valence-electron chi connectivity index (χ2n) is 3.32. The average molecular weight is 221 g/mol. The van der Waals surface area contributed by atoms with E-state index in [9.17, 15) is 20.0 Å². The highest BCUT2D eigenvalue weighted by Crippen LogP contribution is 2.22. The molecule has 0 aliphatic rings. The molecule has 1 N–H and O–H groups in total. The third kappa shape index (κ3) is 2.44. The van der Waals surface area contributed by atoms with Gasteiger partial charge < -0.3 is 5.11 Å². The zero-order valence-corrected chi connectivity index (χ0v) is 8.93. The van der Waals surface area contributed by atoms with E-state index in [-0.39, 0.29) is 22.8 Å². The van der Waals surface area contributed by atoms with Gasteiger partial charge in [-0.1, -0.05) is 12.1 Å². The fourth-order valence-corrected chi connectivity index (χ4v) is 1.44. The van der Waals surface area contributed by atoms with Crippen LogP contribution in [-0.2, 0) is 4.79 Å². The molecule has 0 bridgehead atoms. The molecule has 0 aromatic heterocycles. The summed E-state index contributed by atoms with van der Waals surface area (Å²) in [6, 6.07) is 5.60. The summed E-state index contributed by atoms with van der Waals surface area (Å²) in [4.78, 5) is 21.3. The first-order valence-electron chi connectivity index (χ1n) is 4.59. The van der Waals surface area contributed by atoms with Crippen LogP contribution in [-0.4, -0.2) is 15.8 Å². The van der Waals surface area contributed by atoms with Gasteiger partial charge in [0.25, 0.3) is 5.69 Å². The average Bonchev–Trinajstić information content (AvgIpc) is 2.16. The lowest BCUT2D eigenvalue weighted by Gasteiger charge is -2.04. The second kappa shape index (κ2) is 4.57. The number of allylic oxidation sites excluding steroid dienone is 2. The maximum atomic E-state index is 11.3. The third-order valence-electron chi connectivity index (χ3n) is 2.06. The smallest absolute Gasteiger partial charge is 0.270 e. The molecule has 84 valence electrons. The first-order chi connectivity index (χ1) is 7.43. The molecule has 0 aliphatic carbocycles. The van der Waals surface area contributed by atoms with Crippen LogP contribution in [0.1, 0.15) is 19.4 Å². The number of aliphatic hydroxyl groups excluding tert-OH is 1. The van der Waals surface area contributed by atoms with Gasteiger partial charge in [-0.15, -0.1) is 0 Å². The Balaban J connectivity index is 3.33. The number of carbonyl (C=O) groups is 1. The van der Waals surface area contributed by atoms with Crippen LogP contribution >= 0.6 is 0 Å². The predicted molar refractivity (Wildman–Crippen MR) is 59.0 cm³/mol. The number of ketones is 1. The van der Waals surface area contributed by atoms with Crippen molar-refractivity contribution in [2.75, 3.05) is 0 Å². The minimum atomic E-state index is -0.548. The highest BCUT2D eigenvalue weighted by Gasteiger charge is 2.14. The topological polar surface area (TPSA) is 80.4 Å². The summed E-state index contributed by atoms with van der Waals surface area (Å²) < 4.78 is 0. The summed E-state index contributed by atoms with van der Waals surface area (Å²) in [5.74, 6) is -0.478. The van der Waals surface area contributed by atoms with Gasteiger partial charge in [0.2, 0.25) is 0 Å². The van der Waals surface area contributed by atoms with E-state index in [2.05, 4.69) is 0 Å². The number of nitro groups is 1. The SMILES string of the molecule is CC(=O)/C(=C(/C)O)c1cccc([N+](=O)[O-])c1. The molecule has 0 saturated carbocycles. The van der Waals surface area contributed by atoms with Crippen LogP contribution in [0.2, 0.25) is 0 Å². The molecule has 0 radical (unpaired) electrons. The number of Topliss-reactive ketones (excluding diaryl/α,β-unsaturated/α-hetero) is 1. The van der Waals surface area contributed by atoms with E-state index < -0.39 is 4.92 Å². The number of rotatable bonds is 3. The van der Waals surface area contributed by atoms with E-state index in [0.29, 0.717) is 5.56 Å². The van der Waals surface area contributed by atoms with Crippen molar-refractivity contribution in [3.05, 3.63) is 45.7 Å². The molecule has 0 aliphatic heterocycles. The molecule has 0 saturated heterocycles. The maximum Gasteiger partial charge on any atom is 0.270 e. The van der Waals surface area contributed by atoms with E-state index in [4.69, 9.17) is 0 Å².